The lowest BCUT2D eigenvalue weighted by atomic mass is 10.5. The minimum Gasteiger partial charge on any atom is -0.368 e. The fraction of sp³-hybridized carbons (Fsp3) is 0.857. The molecular formula is C7H17NO2+. The lowest BCUT2D eigenvalue weighted by Gasteiger charge is -2.23. The monoisotopic (exact) mass is 147 g/mol. The van der Waals surface area contributed by atoms with Crippen molar-refractivity contribution in [2.45, 2.75) is 6.29 Å². The minimum absolute atomic E-state index is 0.550. The van der Waals surface area contributed by atoms with Crippen LogP contribution in [0, 0.1) is 6.92 Å². The van der Waals surface area contributed by atoms with Gasteiger partial charge in [0.25, 0.3) is 0 Å². The van der Waals surface area contributed by atoms with Crippen LogP contribution in [0.1, 0.15) is 0 Å². The molecule has 1 N–H and O–H groups in total. The molecule has 3 nitrogen and oxygen atoms in total. The second kappa shape index (κ2) is 3.91. The number of aliphatic hydroxyl groups is 1. The first-order valence-corrected chi connectivity index (χ1v) is 3.35. The van der Waals surface area contributed by atoms with Crippen LogP contribution in [0.15, 0.2) is 0 Å². The van der Waals surface area contributed by atoms with Gasteiger partial charge in [0.05, 0.1) is 27.7 Å². The van der Waals surface area contributed by atoms with Crippen LogP contribution in [0.4, 0.5) is 0 Å². The van der Waals surface area contributed by atoms with Crippen LogP contribution < -0.4 is 0 Å². The van der Waals surface area contributed by atoms with Crippen LogP contribution >= 0.6 is 0 Å². The third kappa shape index (κ3) is 7.88. The molecule has 0 aliphatic heterocycles. The molecule has 0 heterocycles. The molecule has 0 amide bonds. The van der Waals surface area contributed by atoms with E-state index in [1.807, 2.05) is 0 Å². The van der Waals surface area contributed by atoms with Crippen LogP contribution in [0.5, 0.6) is 0 Å². The highest BCUT2D eigenvalue weighted by Gasteiger charge is 2.06. The van der Waals surface area contributed by atoms with Crippen LogP contribution in [-0.4, -0.2) is 50.2 Å². The summed E-state index contributed by atoms with van der Waals surface area (Å²) in [4.78, 5) is 0. The first kappa shape index (κ1) is 9.88. The summed E-state index contributed by atoms with van der Waals surface area (Å²) in [5, 5.41) is 8.61. The van der Waals surface area contributed by atoms with E-state index in [1.165, 1.54) is 0 Å². The Morgan fingerprint density at radius 2 is 2.00 bits per heavy atom. The van der Waals surface area contributed by atoms with Gasteiger partial charge in [-0.05, 0) is 0 Å². The van der Waals surface area contributed by atoms with Gasteiger partial charge in [-0.15, -0.1) is 0 Å². The maximum absolute atomic E-state index is 8.61. The third-order valence-electron chi connectivity index (χ3n) is 1.07. The molecule has 0 aromatic carbocycles. The van der Waals surface area contributed by atoms with Gasteiger partial charge < -0.3 is 14.3 Å². The number of nitrogens with zero attached hydrogens (tertiary/aromatic N) is 1. The van der Waals surface area contributed by atoms with Crippen LogP contribution in [-0.2, 0) is 4.74 Å². The number of ether oxygens (including phenoxy) is 1. The topological polar surface area (TPSA) is 29.5 Å². The zero-order valence-electron chi connectivity index (χ0n) is 7.00. The Morgan fingerprint density at radius 3 is 2.30 bits per heavy atom. The van der Waals surface area contributed by atoms with E-state index in [0.717, 1.165) is 11.0 Å². The molecule has 0 aromatic rings. The van der Waals surface area contributed by atoms with E-state index in [1.54, 1.807) is 0 Å². The van der Waals surface area contributed by atoms with E-state index in [9.17, 15) is 0 Å². The van der Waals surface area contributed by atoms with Crippen molar-refractivity contribution in [3.05, 3.63) is 6.92 Å². The first-order chi connectivity index (χ1) is 4.42. The Kier molecular flexibility index (Phi) is 3.86. The zero-order valence-corrected chi connectivity index (χ0v) is 7.00. The highest BCUT2D eigenvalue weighted by atomic mass is 16.6. The fourth-order valence-corrected chi connectivity index (χ4v) is 0.463. The Bertz CT molecular complexity index is 86.1. The molecule has 1 atom stereocenters. The molecule has 0 aliphatic rings. The van der Waals surface area contributed by atoms with E-state index in [0.29, 0.717) is 6.61 Å². The minimum atomic E-state index is -0.883. The molecule has 0 rings (SSSR count). The smallest absolute Gasteiger partial charge is 0.155 e. The molecule has 0 aliphatic carbocycles. The molecule has 10 heavy (non-hydrogen) atoms. The van der Waals surface area contributed by atoms with Gasteiger partial charge in [-0.25, -0.2) is 0 Å². The normalized spacial score (nSPS) is 15.3. The predicted octanol–water partition coefficient (Wildman–Crippen LogP) is -0.138. The van der Waals surface area contributed by atoms with Gasteiger partial charge in [0.1, 0.15) is 6.54 Å². The van der Waals surface area contributed by atoms with Crippen molar-refractivity contribution < 1.29 is 14.3 Å². The highest BCUT2D eigenvalue weighted by Crippen LogP contribution is 1.90. The van der Waals surface area contributed by atoms with Gasteiger partial charge in [0.2, 0.25) is 0 Å². The van der Waals surface area contributed by atoms with Gasteiger partial charge in [-0.3, -0.25) is 0 Å². The van der Waals surface area contributed by atoms with Crippen molar-refractivity contribution in [1.82, 2.24) is 0 Å². The summed E-state index contributed by atoms with van der Waals surface area (Å²) in [6, 6.07) is 0. The number of likely N-dealkylation sites (N-methyl/N-ethyl adjacent to an activating group) is 1. The standard InChI is InChI=1S/C7H17NO2/c1-7(9)10-6-5-8(2,3)4/h7,9H,1,5-6H2,2-4H3/q+1. The molecule has 61 valence electrons. The summed E-state index contributed by atoms with van der Waals surface area (Å²) < 4.78 is 5.69. The highest BCUT2D eigenvalue weighted by molar-refractivity contribution is 4.39. The molecule has 3 heteroatoms. The zero-order chi connectivity index (χ0) is 8.20. The number of hydrogen-bond acceptors (Lipinski definition) is 2. The summed E-state index contributed by atoms with van der Waals surface area (Å²) >= 11 is 0. The van der Waals surface area contributed by atoms with Crippen molar-refractivity contribution in [3.8, 4) is 0 Å². The van der Waals surface area contributed by atoms with E-state index in [4.69, 9.17) is 9.84 Å². The van der Waals surface area contributed by atoms with Crippen LogP contribution in [0.3, 0.4) is 0 Å². The molecule has 0 saturated carbocycles. The van der Waals surface area contributed by atoms with Crippen molar-refractivity contribution in [2.24, 2.45) is 0 Å². The number of aliphatic hydroxyl groups excluding tert-OH is 1. The van der Waals surface area contributed by atoms with E-state index in [2.05, 4.69) is 28.1 Å². The summed E-state index contributed by atoms with van der Waals surface area (Å²) in [7, 11) is 6.20. The largest absolute Gasteiger partial charge is 0.368 e. The van der Waals surface area contributed by atoms with E-state index < -0.39 is 6.29 Å². The Labute approximate surface area is 62.8 Å². The van der Waals surface area contributed by atoms with Crippen LogP contribution in [0.2, 0.25) is 0 Å². The lowest BCUT2D eigenvalue weighted by molar-refractivity contribution is -0.870. The number of quaternary nitrogens is 1. The first-order valence-electron chi connectivity index (χ1n) is 3.35. The molecular weight excluding hydrogens is 130 g/mol. The van der Waals surface area contributed by atoms with Gasteiger partial charge in [0, 0.05) is 6.92 Å². The Balaban J connectivity index is 3.21. The SMILES string of the molecule is [CH2]C(O)OCC[N+](C)(C)C. The molecule has 0 bridgehead atoms. The molecule has 1 radical (unpaired) electrons. The quantitative estimate of drug-likeness (QED) is 0.443. The third-order valence-corrected chi connectivity index (χ3v) is 1.07. The van der Waals surface area contributed by atoms with Gasteiger partial charge in [-0.2, -0.15) is 0 Å². The number of hydrogen-bond donors (Lipinski definition) is 1. The van der Waals surface area contributed by atoms with Gasteiger partial charge in [0.15, 0.2) is 6.29 Å². The van der Waals surface area contributed by atoms with Crippen molar-refractivity contribution in [3.63, 3.8) is 0 Å². The van der Waals surface area contributed by atoms with Crippen molar-refractivity contribution in [1.29, 1.82) is 0 Å². The summed E-state index contributed by atoms with van der Waals surface area (Å²) in [5.41, 5.74) is 0. The second-order valence-corrected chi connectivity index (χ2v) is 3.34. The maximum Gasteiger partial charge on any atom is 0.155 e. The predicted molar refractivity (Wildman–Crippen MR) is 40.2 cm³/mol. The lowest BCUT2D eigenvalue weighted by Crippen LogP contribution is -2.38. The van der Waals surface area contributed by atoms with E-state index >= 15 is 0 Å². The Morgan fingerprint density at radius 1 is 1.50 bits per heavy atom. The van der Waals surface area contributed by atoms with E-state index in [-0.39, 0.29) is 0 Å². The van der Waals surface area contributed by atoms with Crippen molar-refractivity contribution in [2.75, 3.05) is 34.3 Å². The summed E-state index contributed by atoms with van der Waals surface area (Å²) in [5.74, 6) is 0. The number of rotatable bonds is 4. The van der Waals surface area contributed by atoms with Crippen LogP contribution in [0.25, 0.3) is 0 Å². The average Bonchev–Trinajstić information content (AvgIpc) is 1.59. The Hall–Kier alpha value is -0.120. The molecule has 0 aromatic heterocycles. The average molecular weight is 147 g/mol. The molecule has 0 fully saturated rings. The second-order valence-electron chi connectivity index (χ2n) is 3.34. The van der Waals surface area contributed by atoms with Gasteiger partial charge >= 0.3 is 0 Å². The van der Waals surface area contributed by atoms with Gasteiger partial charge in [-0.1, -0.05) is 0 Å². The summed E-state index contributed by atoms with van der Waals surface area (Å²) in [6.45, 7) is 4.72. The molecule has 0 spiro atoms. The molecule has 0 saturated heterocycles. The fourth-order valence-electron chi connectivity index (χ4n) is 0.463. The molecule has 1 unspecified atom stereocenters. The maximum atomic E-state index is 8.61. The summed E-state index contributed by atoms with van der Waals surface area (Å²) in [6.07, 6.45) is -0.883. The van der Waals surface area contributed by atoms with Crippen molar-refractivity contribution >= 4 is 0 Å².